The van der Waals surface area contributed by atoms with E-state index in [1.165, 1.54) is 0 Å². The summed E-state index contributed by atoms with van der Waals surface area (Å²) in [5.74, 6) is 1.62. The van der Waals surface area contributed by atoms with Gasteiger partial charge in [0.15, 0.2) is 5.65 Å². The van der Waals surface area contributed by atoms with Crippen molar-refractivity contribution >= 4 is 11.5 Å². The molecule has 6 nitrogen and oxygen atoms in total. The third-order valence-electron chi connectivity index (χ3n) is 3.36. The minimum absolute atomic E-state index is 0.588. The Morgan fingerprint density at radius 2 is 2.00 bits per heavy atom. The van der Waals surface area contributed by atoms with Gasteiger partial charge >= 0.3 is 0 Å². The van der Waals surface area contributed by atoms with Crippen molar-refractivity contribution in [3.63, 3.8) is 0 Å². The average Bonchev–Trinajstić information content (AvgIpc) is 3.23. The van der Waals surface area contributed by atoms with Crippen LogP contribution in [0.3, 0.4) is 0 Å². The molecule has 0 atom stereocenters. The molecular formula is C16H13N5O. The molecule has 22 heavy (non-hydrogen) atoms. The molecule has 0 aromatic carbocycles. The number of rotatable bonds is 4. The van der Waals surface area contributed by atoms with Gasteiger partial charge in [0.2, 0.25) is 0 Å². The van der Waals surface area contributed by atoms with E-state index in [-0.39, 0.29) is 0 Å². The third kappa shape index (κ3) is 2.31. The van der Waals surface area contributed by atoms with Gasteiger partial charge in [-0.2, -0.15) is 0 Å². The lowest BCUT2D eigenvalue weighted by Crippen LogP contribution is -2.04. The summed E-state index contributed by atoms with van der Waals surface area (Å²) in [5, 5.41) is 7.83. The van der Waals surface area contributed by atoms with Crippen molar-refractivity contribution in [2.75, 3.05) is 5.32 Å². The number of fused-ring (bicyclic) bond motifs is 1. The van der Waals surface area contributed by atoms with Gasteiger partial charge in [0.1, 0.15) is 11.6 Å². The van der Waals surface area contributed by atoms with Gasteiger partial charge in [-0.15, -0.1) is 5.10 Å². The first kappa shape index (κ1) is 12.6. The van der Waals surface area contributed by atoms with Crippen molar-refractivity contribution in [3.05, 3.63) is 67.0 Å². The third-order valence-corrected chi connectivity index (χ3v) is 3.36. The Bertz CT molecular complexity index is 883. The highest BCUT2D eigenvalue weighted by atomic mass is 16.3. The van der Waals surface area contributed by atoms with E-state index in [2.05, 4.69) is 20.4 Å². The fraction of sp³-hybridized carbons (Fsp3) is 0.0625. The van der Waals surface area contributed by atoms with Gasteiger partial charge in [-0.25, -0.2) is 9.50 Å². The van der Waals surface area contributed by atoms with Crippen LogP contribution in [0.5, 0.6) is 0 Å². The van der Waals surface area contributed by atoms with Crippen LogP contribution in [0.1, 0.15) is 5.76 Å². The molecule has 0 saturated carbocycles. The maximum Gasteiger partial charge on any atom is 0.154 e. The van der Waals surface area contributed by atoms with E-state index in [0.717, 1.165) is 28.5 Å². The Morgan fingerprint density at radius 1 is 1.09 bits per heavy atom. The molecule has 0 fully saturated rings. The molecule has 108 valence electrons. The van der Waals surface area contributed by atoms with Gasteiger partial charge < -0.3 is 9.73 Å². The van der Waals surface area contributed by atoms with Crippen LogP contribution in [0.2, 0.25) is 0 Å². The number of hydrogen-bond acceptors (Lipinski definition) is 5. The average molecular weight is 291 g/mol. The second-order valence-electron chi connectivity index (χ2n) is 4.80. The van der Waals surface area contributed by atoms with Crippen molar-refractivity contribution in [3.8, 4) is 11.3 Å². The summed E-state index contributed by atoms with van der Waals surface area (Å²) in [6.45, 7) is 0.588. The molecule has 4 rings (SSSR count). The Hall–Kier alpha value is -3.15. The Labute approximate surface area is 126 Å². The summed E-state index contributed by atoms with van der Waals surface area (Å²) in [6, 6.07) is 11.5. The van der Waals surface area contributed by atoms with Gasteiger partial charge in [0, 0.05) is 18.0 Å². The van der Waals surface area contributed by atoms with Gasteiger partial charge in [-0.3, -0.25) is 4.98 Å². The van der Waals surface area contributed by atoms with Gasteiger partial charge in [0.25, 0.3) is 0 Å². The fourth-order valence-electron chi connectivity index (χ4n) is 2.28. The number of anilines is 1. The topological polar surface area (TPSA) is 68.2 Å². The Kier molecular flexibility index (Phi) is 3.05. The van der Waals surface area contributed by atoms with E-state index >= 15 is 0 Å². The minimum Gasteiger partial charge on any atom is -0.467 e. The molecule has 6 heteroatoms. The van der Waals surface area contributed by atoms with Crippen LogP contribution >= 0.6 is 0 Å². The number of imidazole rings is 1. The zero-order valence-electron chi connectivity index (χ0n) is 11.7. The highest BCUT2D eigenvalue weighted by Gasteiger charge is 2.08. The molecule has 0 bridgehead atoms. The molecule has 0 radical (unpaired) electrons. The SMILES string of the molecule is c1coc(CNc2ccc3ncc(-c4ccncc4)n3n2)c1. The van der Waals surface area contributed by atoms with Crippen LogP contribution in [0.25, 0.3) is 16.9 Å². The number of nitrogens with one attached hydrogen (secondary N) is 1. The molecule has 0 aliphatic carbocycles. The molecular weight excluding hydrogens is 278 g/mol. The molecule has 0 saturated heterocycles. The van der Waals surface area contributed by atoms with Gasteiger partial charge in [-0.05, 0) is 36.4 Å². The van der Waals surface area contributed by atoms with E-state index < -0.39 is 0 Å². The first-order valence-corrected chi connectivity index (χ1v) is 6.91. The predicted octanol–water partition coefficient (Wildman–Crippen LogP) is 3.00. The number of pyridine rings is 1. The van der Waals surface area contributed by atoms with Crippen molar-refractivity contribution in [2.24, 2.45) is 0 Å². The largest absolute Gasteiger partial charge is 0.467 e. The van der Waals surface area contributed by atoms with Crippen LogP contribution in [0.4, 0.5) is 5.82 Å². The number of hydrogen-bond donors (Lipinski definition) is 1. The fourth-order valence-corrected chi connectivity index (χ4v) is 2.28. The lowest BCUT2D eigenvalue weighted by molar-refractivity contribution is 0.517. The van der Waals surface area contributed by atoms with Crippen molar-refractivity contribution in [1.82, 2.24) is 19.6 Å². The summed E-state index contributed by atoms with van der Waals surface area (Å²) in [6.07, 6.45) is 6.99. The minimum atomic E-state index is 0.588. The molecule has 0 aliphatic heterocycles. The number of furan rings is 1. The monoisotopic (exact) mass is 291 g/mol. The summed E-state index contributed by atoms with van der Waals surface area (Å²) in [7, 11) is 0. The maximum absolute atomic E-state index is 5.30. The zero-order valence-corrected chi connectivity index (χ0v) is 11.7. The Balaban J connectivity index is 1.67. The van der Waals surface area contributed by atoms with Crippen LogP contribution in [0.15, 0.2) is 65.7 Å². The molecule has 0 aliphatic rings. The summed E-state index contributed by atoms with van der Waals surface area (Å²) in [5.41, 5.74) is 2.76. The van der Waals surface area contributed by atoms with E-state index in [9.17, 15) is 0 Å². The van der Waals surface area contributed by atoms with Crippen LogP contribution in [-0.4, -0.2) is 19.6 Å². The molecule has 4 heterocycles. The molecule has 0 amide bonds. The lowest BCUT2D eigenvalue weighted by Gasteiger charge is -2.05. The first-order chi connectivity index (χ1) is 10.9. The Morgan fingerprint density at radius 3 is 2.82 bits per heavy atom. The quantitative estimate of drug-likeness (QED) is 0.626. The number of aromatic nitrogens is 4. The van der Waals surface area contributed by atoms with Crippen LogP contribution < -0.4 is 5.32 Å². The highest BCUT2D eigenvalue weighted by molar-refractivity contribution is 5.63. The summed E-state index contributed by atoms with van der Waals surface area (Å²) >= 11 is 0. The normalized spacial score (nSPS) is 10.9. The van der Waals surface area contributed by atoms with E-state index in [4.69, 9.17) is 4.42 Å². The maximum atomic E-state index is 5.30. The van der Waals surface area contributed by atoms with Crippen molar-refractivity contribution in [2.45, 2.75) is 6.54 Å². The van der Waals surface area contributed by atoms with E-state index in [0.29, 0.717) is 6.54 Å². The summed E-state index contributed by atoms with van der Waals surface area (Å²) < 4.78 is 7.12. The standard InChI is InChI=1S/C16H13N5O/c1-2-13(22-9-1)10-18-15-3-4-16-19-11-14(21(16)20-15)12-5-7-17-8-6-12/h1-9,11H,10H2,(H,18,20). The number of nitrogens with zero attached hydrogens (tertiary/aromatic N) is 4. The molecule has 0 spiro atoms. The van der Waals surface area contributed by atoms with Crippen LogP contribution in [-0.2, 0) is 6.54 Å². The second-order valence-corrected chi connectivity index (χ2v) is 4.80. The smallest absolute Gasteiger partial charge is 0.154 e. The predicted molar refractivity (Wildman–Crippen MR) is 82.3 cm³/mol. The first-order valence-electron chi connectivity index (χ1n) is 6.91. The van der Waals surface area contributed by atoms with Crippen molar-refractivity contribution in [1.29, 1.82) is 0 Å². The molecule has 4 aromatic heterocycles. The van der Waals surface area contributed by atoms with E-state index in [1.807, 2.05) is 47.1 Å². The highest BCUT2D eigenvalue weighted by Crippen LogP contribution is 2.20. The summed E-state index contributed by atoms with van der Waals surface area (Å²) in [4.78, 5) is 8.42. The zero-order chi connectivity index (χ0) is 14.8. The van der Waals surface area contributed by atoms with Gasteiger partial charge in [0.05, 0.1) is 24.7 Å². The second kappa shape index (κ2) is 5.33. The van der Waals surface area contributed by atoms with Crippen molar-refractivity contribution < 1.29 is 4.42 Å². The van der Waals surface area contributed by atoms with E-state index in [1.54, 1.807) is 18.7 Å². The van der Waals surface area contributed by atoms with Gasteiger partial charge in [-0.1, -0.05) is 0 Å². The lowest BCUT2D eigenvalue weighted by atomic mass is 10.2. The van der Waals surface area contributed by atoms with Crippen LogP contribution in [0, 0.1) is 0 Å². The molecule has 4 aromatic rings. The molecule has 1 N–H and O–H groups in total. The molecule has 0 unspecified atom stereocenters.